The van der Waals surface area contributed by atoms with Gasteiger partial charge in [0.1, 0.15) is 17.8 Å². The molecule has 4 aromatic rings. The van der Waals surface area contributed by atoms with Crippen LogP contribution < -0.4 is 10.1 Å². The monoisotopic (exact) mass is 384 g/mol. The molecule has 3 aromatic heterocycles. The summed E-state index contributed by atoms with van der Waals surface area (Å²) in [6.07, 6.45) is 4.98. The van der Waals surface area contributed by atoms with Crippen LogP contribution in [-0.4, -0.2) is 31.8 Å². The maximum absolute atomic E-state index is 5.28. The van der Waals surface area contributed by atoms with Gasteiger partial charge in [-0.3, -0.25) is 0 Å². The van der Waals surface area contributed by atoms with Crippen molar-refractivity contribution >= 4 is 22.4 Å². The zero-order valence-electron chi connectivity index (χ0n) is 16.4. The summed E-state index contributed by atoms with van der Waals surface area (Å²) in [6.45, 7) is 4.14. The number of ether oxygens (including phenoxy) is 1. The SMILES string of the molecule is COc1ncccc1Nc1cc(-n2ncc3ccc(C#CC(C)C)cc32)ncn1. The van der Waals surface area contributed by atoms with Crippen LogP contribution in [0, 0.1) is 17.8 Å². The Morgan fingerprint density at radius 2 is 2.00 bits per heavy atom. The number of rotatable bonds is 4. The van der Waals surface area contributed by atoms with E-state index in [0.29, 0.717) is 23.4 Å². The predicted molar refractivity (Wildman–Crippen MR) is 112 cm³/mol. The third-order valence-corrected chi connectivity index (χ3v) is 4.17. The molecular formula is C22H20N6O. The van der Waals surface area contributed by atoms with E-state index in [1.165, 1.54) is 6.33 Å². The molecule has 0 fully saturated rings. The lowest BCUT2D eigenvalue weighted by Crippen LogP contribution is -2.03. The zero-order valence-corrected chi connectivity index (χ0v) is 16.4. The van der Waals surface area contributed by atoms with E-state index in [1.807, 2.05) is 42.6 Å². The lowest BCUT2D eigenvalue weighted by molar-refractivity contribution is 0.400. The Morgan fingerprint density at radius 1 is 1.10 bits per heavy atom. The number of pyridine rings is 1. The Hall–Kier alpha value is -3.92. The highest BCUT2D eigenvalue weighted by atomic mass is 16.5. The molecule has 4 rings (SSSR count). The standard InChI is InChI=1S/C22H20N6O/c1-15(2)6-7-16-8-9-17-13-26-28(19(17)11-16)21-12-20(24-14-25-21)27-18-5-4-10-23-22(18)29-3/h4-5,8-15H,1-3H3,(H,24,25,27). The van der Waals surface area contributed by atoms with Crippen LogP contribution >= 0.6 is 0 Å². The number of anilines is 2. The van der Waals surface area contributed by atoms with Crippen molar-refractivity contribution in [2.75, 3.05) is 12.4 Å². The van der Waals surface area contributed by atoms with E-state index in [1.54, 1.807) is 18.0 Å². The number of fused-ring (bicyclic) bond motifs is 1. The molecule has 0 atom stereocenters. The van der Waals surface area contributed by atoms with Gasteiger partial charge in [0.15, 0.2) is 5.82 Å². The summed E-state index contributed by atoms with van der Waals surface area (Å²) < 4.78 is 7.06. The van der Waals surface area contributed by atoms with Gasteiger partial charge < -0.3 is 10.1 Å². The molecule has 0 radical (unpaired) electrons. The van der Waals surface area contributed by atoms with Crippen molar-refractivity contribution in [1.82, 2.24) is 24.7 Å². The number of methoxy groups -OCH3 is 1. The first kappa shape index (κ1) is 18.4. The van der Waals surface area contributed by atoms with Crippen LogP contribution in [0.3, 0.4) is 0 Å². The average molecular weight is 384 g/mol. The van der Waals surface area contributed by atoms with E-state index < -0.39 is 0 Å². The van der Waals surface area contributed by atoms with Crippen LogP contribution in [0.4, 0.5) is 11.5 Å². The fraction of sp³-hybridized carbons (Fsp3) is 0.182. The van der Waals surface area contributed by atoms with Crippen molar-refractivity contribution in [3.8, 4) is 23.5 Å². The second-order valence-corrected chi connectivity index (χ2v) is 6.70. The maximum atomic E-state index is 5.28. The number of hydrogen-bond donors (Lipinski definition) is 1. The summed E-state index contributed by atoms with van der Waals surface area (Å²) in [7, 11) is 1.58. The Kier molecular flexibility index (Phi) is 5.08. The first-order valence-electron chi connectivity index (χ1n) is 9.22. The summed E-state index contributed by atoms with van der Waals surface area (Å²) in [5.74, 6) is 8.46. The van der Waals surface area contributed by atoms with Gasteiger partial charge in [-0.15, -0.1) is 0 Å². The molecule has 144 valence electrons. The Labute approximate surface area is 168 Å². The van der Waals surface area contributed by atoms with E-state index >= 15 is 0 Å². The van der Waals surface area contributed by atoms with Crippen molar-refractivity contribution in [2.24, 2.45) is 5.92 Å². The molecule has 0 spiro atoms. The predicted octanol–water partition coefficient (Wildman–Crippen LogP) is 3.97. The highest BCUT2D eigenvalue weighted by molar-refractivity contribution is 5.81. The molecule has 0 saturated heterocycles. The summed E-state index contributed by atoms with van der Waals surface area (Å²) in [6, 6.07) is 11.6. The molecule has 7 nitrogen and oxygen atoms in total. The summed E-state index contributed by atoms with van der Waals surface area (Å²) in [5.41, 5.74) is 2.60. The summed E-state index contributed by atoms with van der Waals surface area (Å²) >= 11 is 0. The normalized spacial score (nSPS) is 10.6. The van der Waals surface area contributed by atoms with E-state index in [9.17, 15) is 0 Å². The van der Waals surface area contributed by atoms with Gasteiger partial charge >= 0.3 is 0 Å². The minimum absolute atomic E-state index is 0.315. The second kappa shape index (κ2) is 7.98. The van der Waals surface area contributed by atoms with Crippen LogP contribution in [0.1, 0.15) is 19.4 Å². The topological polar surface area (TPSA) is 77.8 Å². The highest BCUT2D eigenvalue weighted by Gasteiger charge is 2.10. The van der Waals surface area contributed by atoms with Crippen molar-refractivity contribution in [2.45, 2.75) is 13.8 Å². The molecule has 29 heavy (non-hydrogen) atoms. The molecule has 0 amide bonds. The van der Waals surface area contributed by atoms with E-state index in [4.69, 9.17) is 4.74 Å². The molecule has 0 aliphatic heterocycles. The van der Waals surface area contributed by atoms with Crippen molar-refractivity contribution in [3.63, 3.8) is 0 Å². The number of nitrogens with one attached hydrogen (secondary N) is 1. The second-order valence-electron chi connectivity index (χ2n) is 6.70. The first-order valence-corrected chi connectivity index (χ1v) is 9.22. The van der Waals surface area contributed by atoms with Crippen LogP contribution in [0.25, 0.3) is 16.7 Å². The highest BCUT2D eigenvalue weighted by Crippen LogP contribution is 2.25. The van der Waals surface area contributed by atoms with Gasteiger partial charge in [0, 0.05) is 29.1 Å². The minimum atomic E-state index is 0.315. The maximum Gasteiger partial charge on any atom is 0.237 e. The van der Waals surface area contributed by atoms with Gasteiger partial charge in [-0.25, -0.2) is 19.6 Å². The molecule has 3 heterocycles. The largest absolute Gasteiger partial charge is 0.480 e. The fourth-order valence-electron chi connectivity index (χ4n) is 2.82. The van der Waals surface area contributed by atoms with Crippen molar-refractivity contribution in [3.05, 3.63) is 60.7 Å². The molecule has 0 bridgehead atoms. The van der Waals surface area contributed by atoms with Gasteiger partial charge in [0.25, 0.3) is 0 Å². The van der Waals surface area contributed by atoms with E-state index in [2.05, 4.69) is 51.1 Å². The Morgan fingerprint density at radius 3 is 2.83 bits per heavy atom. The Balaban J connectivity index is 1.70. The minimum Gasteiger partial charge on any atom is -0.480 e. The molecule has 0 aliphatic rings. The summed E-state index contributed by atoms with van der Waals surface area (Å²) in [5, 5.41) is 8.73. The third-order valence-electron chi connectivity index (χ3n) is 4.17. The number of aromatic nitrogens is 5. The average Bonchev–Trinajstić information content (AvgIpc) is 3.16. The number of nitrogens with zero attached hydrogens (tertiary/aromatic N) is 5. The van der Waals surface area contributed by atoms with E-state index in [-0.39, 0.29) is 0 Å². The van der Waals surface area contributed by atoms with Crippen LogP contribution in [-0.2, 0) is 0 Å². The van der Waals surface area contributed by atoms with E-state index in [0.717, 1.165) is 22.2 Å². The van der Waals surface area contributed by atoms with Crippen LogP contribution in [0.15, 0.2) is 55.1 Å². The van der Waals surface area contributed by atoms with Crippen LogP contribution in [0.2, 0.25) is 0 Å². The molecule has 0 unspecified atom stereocenters. The first-order chi connectivity index (χ1) is 14.1. The van der Waals surface area contributed by atoms with Crippen molar-refractivity contribution < 1.29 is 4.74 Å². The lowest BCUT2D eigenvalue weighted by Gasteiger charge is -2.10. The molecule has 1 N–H and O–H groups in total. The van der Waals surface area contributed by atoms with Gasteiger partial charge in [-0.05, 0) is 30.3 Å². The fourth-order valence-corrected chi connectivity index (χ4v) is 2.82. The molecular weight excluding hydrogens is 364 g/mol. The number of hydrogen-bond acceptors (Lipinski definition) is 6. The Bertz CT molecular complexity index is 1220. The molecule has 0 aliphatic carbocycles. The molecule has 7 heteroatoms. The third kappa shape index (κ3) is 4.01. The van der Waals surface area contributed by atoms with Gasteiger partial charge in [-0.2, -0.15) is 5.10 Å². The smallest absolute Gasteiger partial charge is 0.237 e. The van der Waals surface area contributed by atoms with Gasteiger partial charge in [0.2, 0.25) is 5.88 Å². The summed E-state index contributed by atoms with van der Waals surface area (Å²) in [4.78, 5) is 12.9. The molecule has 0 saturated carbocycles. The van der Waals surface area contributed by atoms with Gasteiger partial charge in [-0.1, -0.05) is 25.7 Å². The lowest BCUT2D eigenvalue weighted by atomic mass is 10.1. The van der Waals surface area contributed by atoms with Crippen molar-refractivity contribution in [1.29, 1.82) is 0 Å². The quantitative estimate of drug-likeness (QED) is 0.537. The van der Waals surface area contributed by atoms with Crippen LogP contribution in [0.5, 0.6) is 5.88 Å². The molecule has 1 aromatic carbocycles. The zero-order chi connectivity index (χ0) is 20.2. The van der Waals surface area contributed by atoms with Gasteiger partial charge in [0.05, 0.1) is 18.8 Å². The number of benzene rings is 1.